The molecule has 0 bridgehead atoms. The summed E-state index contributed by atoms with van der Waals surface area (Å²) in [6.45, 7) is 5.98. The Kier molecular flexibility index (Phi) is 3.67. The molecule has 0 unspecified atom stereocenters. The first kappa shape index (κ1) is 14.7. The molecule has 1 aromatic heterocycles. The van der Waals surface area contributed by atoms with Crippen molar-refractivity contribution < 1.29 is 9.53 Å². The summed E-state index contributed by atoms with van der Waals surface area (Å²) in [5.74, 6) is 0.646. The van der Waals surface area contributed by atoms with Crippen molar-refractivity contribution in [3.05, 3.63) is 71.2 Å². The lowest BCUT2D eigenvalue weighted by Gasteiger charge is -2.07. The number of hydrogen-bond acceptors (Lipinski definition) is 2. The van der Waals surface area contributed by atoms with Crippen LogP contribution in [0.2, 0.25) is 5.02 Å². The van der Waals surface area contributed by atoms with Crippen molar-refractivity contribution in [2.45, 2.75) is 6.92 Å². The molecule has 0 N–H and O–H groups in total. The second kappa shape index (κ2) is 5.50. The fourth-order valence-corrected chi connectivity index (χ4v) is 2.70. The zero-order valence-corrected chi connectivity index (χ0v) is 13.1. The Bertz CT molecular complexity index is 863. The lowest BCUT2D eigenvalue weighted by atomic mass is 10.1. The molecular weight excluding hydrogens is 298 g/mol. The van der Waals surface area contributed by atoms with Crippen molar-refractivity contribution in [1.29, 1.82) is 0 Å². The van der Waals surface area contributed by atoms with Crippen LogP contribution in [0.15, 0.2) is 42.5 Å². The van der Waals surface area contributed by atoms with Gasteiger partial charge in [-0.05, 0) is 61.9 Å². The first-order valence-corrected chi connectivity index (χ1v) is 7.22. The first-order chi connectivity index (χ1) is 10.5. The van der Waals surface area contributed by atoms with Crippen LogP contribution < -0.4 is 4.74 Å². The molecular formula is C18H15ClNO2. The van der Waals surface area contributed by atoms with E-state index < -0.39 is 0 Å². The van der Waals surface area contributed by atoms with E-state index in [1.54, 1.807) is 35.9 Å². The van der Waals surface area contributed by atoms with Crippen LogP contribution in [0.5, 0.6) is 5.75 Å². The van der Waals surface area contributed by atoms with Crippen LogP contribution >= 0.6 is 11.6 Å². The van der Waals surface area contributed by atoms with E-state index in [1.807, 2.05) is 25.1 Å². The summed E-state index contributed by atoms with van der Waals surface area (Å²) in [5.41, 5.74) is 3.06. The number of fused-ring (bicyclic) bond motifs is 1. The number of methoxy groups -OCH3 is 1. The molecule has 3 aromatic rings. The molecule has 0 amide bonds. The third kappa shape index (κ3) is 2.28. The van der Waals surface area contributed by atoms with Crippen LogP contribution in [0.4, 0.5) is 0 Å². The quantitative estimate of drug-likeness (QED) is 0.698. The molecule has 0 atom stereocenters. The highest BCUT2D eigenvalue weighted by atomic mass is 35.5. The molecule has 0 saturated carbocycles. The Morgan fingerprint density at radius 2 is 1.86 bits per heavy atom. The minimum Gasteiger partial charge on any atom is -0.497 e. The number of carbonyl (C=O) groups is 1. The van der Waals surface area contributed by atoms with E-state index in [1.165, 1.54) is 0 Å². The standard InChI is InChI=1S/C18H15ClNO2/c1-11-12(2)20(17-9-8-15(22-3)10-16(11)17)18(21)13-4-6-14(19)7-5-13/h4-10H,1H2,2-3H3. The number of nitrogens with zero attached hydrogens (tertiary/aromatic N) is 1. The zero-order valence-electron chi connectivity index (χ0n) is 12.4. The SMILES string of the molecule is [CH2]c1c(C)n(C(=O)c2ccc(Cl)cc2)c2ccc(OC)cc12. The number of aromatic nitrogens is 1. The molecule has 0 fully saturated rings. The van der Waals surface area contributed by atoms with Crippen LogP contribution in [0.3, 0.4) is 0 Å². The molecule has 0 aliphatic carbocycles. The van der Waals surface area contributed by atoms with Gasteiger partial charge in [-0.15, -0.1) is 0 Å². The normalized spacial score (nSPS) is 10.9. The van der Waals surface area contributed by atoms with Crippen LogP contribution in [0.25, 0.3) is 10.9 Å². The molecule has 2 aromatic carbocycles. The van der Waals surface area contributed by atoms with Gasteiger partial charge < -0.3 is 4.74 Å². The highest BCUT2D eigenvalue weighted by Crippen LogP contribution is 2.29. The number of halogens is 1. The Hall–Kier alpha value is -2.26. The fourth-order valence-electron chi connectivity index (χ4n) is 2.57. The van der Waals surface area contributed by atoms with E-state index >= 15 is 0 Å². The van der Waals surface area contributed by atoms with Crippen molar-refractivity contribution in [3.8, 4) is 5.75 Å². The summed E-state index contributed by atoms with van der Waals surface area (Å²) in [4.78, 5) is 12.8. The molecule has 4 heteroatoms. The Morgan fingerprint density at radius 1 is 1.18 bits per heavy atom. The Labute approximate surface area is 134 Å². The first-order valence-electron chi connectivity index (χ1n) is 6.84. The van der Waals surface area contributed by atoms with E-state index in [0.717, 1.165) is 27.9 Å². The lowest BCUT2D eigenvalue weighted by Crippen LogP contribution is -2.13. The third-order valence-electron chi connectivity index (χ3n) is 3.84. The number of hydrogen-bond donors (Lipinski definition) is 0. The molecule has 0 saturated heterocycles. The molecule has 111 valence electrons. The predicted octanol–water partition coefficient (Wildman–Crippen LogP) is 4.48. The largest absolute Gasteiger partial charge is 0.497 e. The molecule has 3 rings (SSSR count). The number of carbonyl (C=O) groups excluding carboxylic acids is 1. The second-order valence-electron chi connectivity index (χ2n) is 5.09. The van der Waals surface area contributed by atoms with Gasteiger partial charge in [0.25, 0.3) is 5.91 Å². The molecule has 0 spiro atoms. The van der Waals surface area contributed by atoms with Crippen LogP contribution in [-0.2, 0) is 0 Å². The monoisotopic (exact) mass is 312 g/mol. The Morgan fingerprint density at radius 3 is 2.50 bits per heavy atom. The highest BCUT2D eigenvalue weighted by molar-refractivity contribution is 6.30. The maximum atomic E-state index is 12.8. The second-order valence-corrected chi connectivity index (χ2v) is 5.53. The molecule has 0 aliphatic heterocycles. The minimum absolute atomic E-state index is 0.0979. The average molecular weight is 313 g/mol. The molecule has 1 radical (unpaired) electrons. The summed E-state index contributed by atoms with van der Waals surface area (Å²) in [6.07, 6.45) is 0. The van der Waals surface area contributed by atoms with Crippen molar-refractivity contribution >= 4 is 28.4 Å². The van der Waals surface area contributed by atoms with Gasteiger partial charge in [-0.1, -0.05) is 11.6 Å². The van der Waals surface area contributed by atoms with Crippen LogP contribution in [-0.4, -0.2) is 17.6 Å². The van der Waals surface area contributed by atoms with E-state index in [2.05, 4.69) is 6.92 Å². The van der Waals surface area contributed by atoms with Gasteiger partial charge in [-0.2, -0.15) is 0 Å². The van der Waals surface area contributed by atoms with Gasteiger partial charge in [0, 0.05) is 21.7 Å². The van der Waals surface area contributed by atoms with Crippen molar-refractivity contribution in [3.63, 3.8) is 0 Å². The number of ether oxygens (including phenoxy) is 1. The molecule has 0 aliphatic rings. The van der Waals surface area contributed by atoms with Gasteiger partial charge in [0.2, 0.25) is 0 Å². The van der Waals surface area contributed by atoms with Crippen molar-refractivity contribution in [2.75, 3.05) is 7.11 Å². The minimum atomic E-state index is -0.0979. The van der Waals surface area contributed by atoms with E-state index in [4.69, 9.17) is 16.3 Å². The van der Waals surface area contributed by atoms with E-state index in [0.29, 0.717) is 10.6 Å². The molecule has 22 heavy (non-hydrogen) atoms. The van der Waals surface area contributed by atoms with Crippen molar-refractivity contribution in [1.82, 2.24) is 4.57 Å². The molecule has 1 heterocycles. The topological polar surface area (TPSA) is 31.2 Å². The summed E-state index contributed by atoms with van der Waals surface area (Å²) < 4.78 is 6.93. The summed E-state index contributed by atoms with van der Waals surface area (Å²) in [7, 11) is 1.62. The van der Waals surface area contributed by atoms with Gasteiger partial charge >= 0.3 is 0 Å². The maximum Gasteiger partial charge on any atom is 0.262 e. The van der Waals surface area contributed by atoms with Gasteiger partial charge in [0.1, 0.15) is 5.75 Å². The fraction of sp³-hybridized carbons (Fsp3) is 0.111. The predicted molar refractivity (Wildman–Crippen MR) is 88.9 cm³/mol. The van der Waals surface area contributed by atoms with Gasteiger partial charge in [-0.3, -0.25) is 9.36 Å². The summed E-state index contributed by atoms with van der Waals surface area (Å²) in [6, 6.07) is 12.5. The summed E-state index contributed by atoms with van der Waals surface area (Å²) >= 11 is 5.88. The number of benzene rings is 2. The highest BCUT2D eigenvalue weighted by Gasteiger charge is 2.18. The third-order valence-corrected chi connectivity index (χ3v) is 4.09. The van der Waals surface area contributed by atoms with Crippen molar-refractivity contribution in [2.24, 2.45) is 0 Å². The van der Waals surface area contributed by atoms with Crippen LogP contribution in [0, 0.1) is 13.8 Å². The summed E-state index contributed by atoms with van der Waals surface area (Å²) in [5, 5.41) is 1.52. The van der Waals surface area contributed by atoms with Gasteiger partial charge in [-0.25, -0.2) is 0 Å². The Balaban J connectivity index is 2.20. The van der Waals surface area contributed by atoms with Gasteiger partial charge in [0.05, 0.1) is 12.6 Å². The zero-order chi connectivity index (χ0) is 15.9. The molecule has 3 nitrogen and oxygen atoms in total. The van der Waals surface area contributed by atoms with E-state index in [-0.39, 0.29) is 5.91 Å². The van der Waals surface area contributed by atoms with Gasteiger partial charge in [0.15, 0.2) is 0 Å². The lowest BCUT2D eigenvalue weighted by molar-refractivity contribution is 0.0963. The van der Waals surface area contributed by atoms with Crippen LogP contribution in [0.1, 0.15) is 21.6 Å². The smallest absolute Gasteiger partial charge is 0.262 e. The average Bonchev–Trinajstić information content (AvgIpc) is 2.78. The number of rotatable bonds is 2. The maximum absolute atomic E-state index is 12.8. The van der Waals surface area contributed by atoms with E-state index in [9.17, 15) is 4.79 Å².